The third kappa shape index (κ3) is 3.76. The maximum atomic E-state index is 14.1. The zero-order chi connectivity index (χ0) is 17.0. The number of halogens is 1. The molecule has 1 aromatic heterocycles. The minimum absolute atomic E-state index is 0.161. The molecule has 1 atom stereocenters. The molecular formula is C17H23FN4O. The molecule has 1 amide bonds. The van der Waals surface area contributed by atoms with Crippen LogP contribution in [0, 0.1) is 5.82 Å². The van der Waals surface area contributed by atoms with Crippen LogP contribution >= 0.6 is 0 Å². The molecule has 1 heterocycles. The van der Waals surface area contributed by atoms with E-state index in [0.29, 0.717) is 12.1 Å². The van der Waals surface area contributed by atoms with E-state index in [0.717, 1.165) is 12.4 Å². The van der Waals surface area contributed by atoms with Gasteiger partial charge in [-0.3, -0.25) is 9.69 Å². The molecule has 2 aromatic rings. The number of aryl methyl sites for hydroxylation is 1. The molecule has 23 heavy (non-hydrogen) atoms. The van der Waals surface area contributed by atoms with E-state index in [1.54, 1.807) is 55.3 Å². The third-order valence-electron chi connectivity index (χ3n) is 3.85. The molecule has 0 N–H and O–H groups in total. The van der Waals surface area contributed by atoms with Crippen molar-refractivity contribution in [3.05, 3.63) is 53.9 Å². The fourth-order valence-corrected chi connectivity index (χ4v) is 2.61. The number of amides is 1. The molecule has 0 saturated carbocycles. The van der Waals surface area contributed by atoms with Crippen LogP contribution in [0.4, 0.5) is 4.39 Å². The van der Waals surface area contributed by atoms with Crippen LogP contribution < -0.4 is 0 Å². The summed E-state index contributed by atoms with van der Waals surface area (Å²) in [5.41, 5.74) is 0.383. The lowest BCUT2D eigenvalue weighted by Gasteiger charge is -2.28. The van der Waals surface area contributed by atoms with E-state index >= 15 is 0 Å². The van der Waals surface area contributed by atoms with Crippen molar-refractivity contribution in [1.29, 1.82) is 0 Å². The van der Waals surface area contributed by atoms with Crippen LogP contribution in [-0.4, -0.2) is 46.4 Å². The highest BCUT2D eigenvalue weighted by Gasteiger charge is 2.28. The van der Waals surface area contributed by atoms with Crippen molar-refractivity contribution < 1.29 is 9.18 Å². The van der Waals surface area contributed by atoms with Crippen LogP contribution in [0.3, 0.4) is 0 Å². The van der Waals surface area contributed by atoms with Gasteiger partial charge in [0.25, 0.3) is 0 Å². The van der Waals surface area contributed by atoms with Crippen molar-refractivity contribution >= 4 is 5.91 Å². The predicted octanol–water partition coefficient (Wildman–Crippen LogP) is 2.30. The summed E-state index contributed by atoms with van der Waals surface area (Å²) in [5, 5.41) is 0. The minimum atomic E-state index is -0.661. The monoisotopic (exact) mass is 318 g/mol. The maximum Gasteiger partial charge on any atom is 0.244 e. The van der Waals surface area contributed by atoms with Crippen molar-refractivity contribution in [1.82, 2.24) is 19.4 Å². The van der Waals surface area contributed by atoms with E-state index in [1.807, 2.05) is 17.7 Å². The topological polar surface area (TPSA) is 41.4 Å². The van der Waals surface area contributed by atoms with E-state index in [1.165, 1.54) is 6.07 Å². The lowest BCUT2D eigenvalue weighted by atomic mass is 10.0. The molecule has 5 nitrogen and oxygen atoms in total. The third-order valence-corrected chi connectivity index (χ3v) is 3.85. The average molecular weight is 318 g/mol. The Morgan fingerprint density at radius 3 is 2.61 bits per heavy atom. The molecule has 0 fully saturated rings. The van der Waals surface area contributed by atoms with Crippen LogP contribution in [-0.2, 0) is 17.9 Å². The van der Waals surface area contributed by atoms with E-state index < -0.39 is 6.04 Å². The Hall–Kier alpha value is -2.21. The average Bonchev–Trinajstić information content (AvgIpc) is 2.96. The molecule has 0 radical (unpaired) electrons. The number of nitrogens with zero attached hydrogens (tertiary/aromatic N) is 4. The number of hydrogen-bond acceptors (Lipinski definition) is 3. The molecule has 0 aliphatic heterocycles. The summed E-state index contributed by atoms with van der Waals surface area (Å²) in [6.45, 7) is 3.20. The van der Waals surface area contributed by atoms with Crippen molar-refractivity contribution in [3.8, 4) is 0 Å². The normalized spacial score (nSPS) is 12.4. The summed E-state index contributed by atoms with van der Waals surface area (Å²) in [6.07, 6.45) is 3.60. The van der Waals surface area contributed by atoms with Crippen molar-refractivity contribution in [2.75, 3.05) is 21.1 Å². The molecule has 0 aliphatic rings. The highest BCUT2D eigenvalue weighted by atomic mass is 19.1. The van der Waals surface area contributed by atoms with Gasteiger partial charge in [-0.15, -0.1) is 0 Å². The first-order valence-corrected chi connectivity index (χ1v) is 7.61. The maximum absolute atomic E-state index is 14.1. The van der Waals surface area contributed by atoms with Gasteiger partial charge in [0.1, 0.15) is 17.7 Å². The first kappa shape index (κ1) is 17.1. The van der Waals surface area contributed by atoms with Gasteiger partial charge < -0.3 is 9.47 Å². The Morgan fingerprint density at radius 2 is 2.00 bits per heavy atom. The van der Waals surface area contributed by atoms with Gasteiger partial charge >= 0.3 is 0 Å². The molecule has 0 aliphatic carbocycles. The Labute approximate surface area is 136 Å². The molecule has 2 rings (SSSR count). The SMILES string of the molecule is CCn1ccnc1CN(C)C(=O)[C@@H](c1ccccc1F)N(C)C. The van der Waals surface area contributed by atoms with Crippen LogP contribution in [0.5, 0.6) is 0 Å². The lowest BCUT2D eigenvalue weighted by molar-refractivity contribution is -0.135. The van der Waals surface area contributed by atoms with Gasteiger partial charge in [-0.05, 0) is 27.1 Å². The number of rotatable bonds is 6. The summed E-state index contributed by atoms with van der Waals surface area (Å²) in [4.78, 5) is 20.4. The first-order chi connectivity index (χ1) is 11.0. The Kier molecular flexibility index (Phi) is 5.50. The highest BCUT2D eigenvalue weighted by Crippen LogP contribution is 2.23. The van der Waals surface area contributed by atoms with Gasteiger partial charge in [0.05, 0.1) is 6.54 Å². The van der Waals surface area contributed by atoms with Crippen LogP contribution in [0.1, 0.15) is 24.4 Å². The highest BCUT2D eigenvalue weighted by molar-refractivity contribution is 5.83. The fraction of sp³-hybridized carbons (Fsp3) is 0.412. The van der Waals surface area contributed by atoms with Crippen molar-refractivity contribution in [2.24, 2.45) is 0 Å². The number of aromatic nitrogens is 2. The summed E-state index contributed by atoms with van der Waals surface area (Å²) in [7, 11) is 5.26. The van der Waals surface area contributed by atoms with Crippen LogP contribution in [0.2, 0.25) is 0 Å². The predicted molar refractivity (Wildman–Crippen MR) is 87.2 cm³/mol. The van der Waals surface area contributed by atoms with E-state index in [-0.39, 0.29) is 11.7 Å². The first-order valence-electron chi connectivity index (χ1n) is 7.61. The lowest BCUT2D eigenvalue weighted by Crippen LogP contribution is -2.39. The van der Waals surface area contributed by atoms with Gasteiger partial charge in [-0.2, -0.15) is 0 Å². The van der Waals surface area contributed by atoms with Crippen molar-refractivity contribution in [3.63, 3.8) is 0 Å². The summed E-state index contributed by atoms with van der Waals surface area (Å²) in [6, 6.07) is 5.73. The van der Waals surface area contributed by atoms with Crippen LogP contribution in [0.25, 0.3) is 0 Å². The largest absolute Gasteiger partial charge is 0.337 e. The number of benzene rings is 1. The molecule has 0 bridgehead atoms. The Balaban J connectivity index is 2.23. The standard InChI is InChI=1S/C17H23FN4O/c1-5-22-11-10-19-15(22)12-21(4)17(23)16(20(2)3)13-8-6-7-9-14(13)18/h6-11,16H,5,12H2,1-4H3/t16-/m1/s1. The molecule has 6 heteroatoms. The second-order valence-electron chi connectivity index (χ2n) is 5.71. The molecule has 0 unspecified atom stereocenters. The number of carbonyl (C=O) groups excluding carboxylic acids is 1. The van der Waals surface area contributed by atoms with Gasteiger partial charge in [-0.25, -0.2) is 9.37 Å². The Morgan fingerprint density at radius 1 is 1.30 bits per heavy atom. The molecule has 1 aromatic carbocycles. The smallest absolute Gasteiger partial charge is 0.244 e. The minimum Gasteiger partial charge on any atom is -0.337 e. The van der Waals surface area contributed by atoms with Crippen LogP contribution in [0.15, 0.2) is 36.7 Å². The van der Waals surface area contributed by atoms with Crippen molar-refractivity contribution in [2.45, 2.75) is 26.1 Å². The number of imidazole rings is 1. The molecule has 0 saturated heterocycles. The molecular weight excluding hydrogens is 295 g/mol. The summed E-state index contributed by atoms with van der Waals surface area (Å²) < 4.78 is 16.1. The van der Waals surface area contributed by atoms with Gasteiger partial charge in [-0.1, -0.05) is 18.2 Å². The quantitative estimate of drug-likeness (QED) is 0.821. The van der Waals surface area contributed by atoms with Gasteiger partial charge in [0, 0.05) is 31.5 Å². The zero-order valence-corrected chi connectivity index (χ0v) is 14.0. The number of hydrogen-bond donors (Lipinski definition) is 0. The van der Waals surface area contributed by atoms with Gasteiger partial charge in [0.2, 0.25) is 5.91 Å². The molecule has 0 spiro atoms. The fourth-order valence-electron chi connectivity index (χ4n) is 2.61. The second kappa shape index (κ2) is 7.37. The zero-order valence-electron chi connectivity index (χ0n) is 14.0. The second-order valence-corrected chi connectivity index (χ2v) is 5.71. The summed E-state index contributed by atoms with van der Waals surface area (Å²) >= 11 is 0. The van der Waals surface area contributed by atoms with Gasteiger partial charge in [0.15, 0.2) is 0 Å². The number of likely N-dealkylation sites (N-methyl/N-ethyl adjacent to an activating group) is 2. The van der Waals surface area contributed by atoms with E-state index in [2.05, 4.69) is 4.98 Å². The summed E-state index contributed by atoms with van der Waals surface area (Å²) in [5.74, 6) is 0.281. The molecule has 124 valence electrons. The number of carbonyl (C=O) groups is 1. The van der Waals surface area contributed by atoms with E-state index in [4.69, 9.17) is 0 Å². The van der Waals surface area contributed by atoms with E-state index in [9.17, 15) is 9.18 Å². The Bertz CT molecular complexity index is 668.